The maximum atomic E-state index is 12.4. The number of fused-ring (bicyclic) bond motifs is 1. The summed E-state index contributed by atoms with van der Waals surface area (Å²) in [4.78, 5) is 17.5. The Morgan fingerprint density at radius 3 is 2.62 bits per heavy atom. The molecule has 1 aromatic rings. The molecule has 2 rings (SSSR count). The van der Waals surface area contributed by atoms with Crippen molar-refractivity contribution in [1.29, 1.82) is 0 Å². The Balaban J connectivity index is 2.61. The van der Waals surface area contributed by atoms with Crippen molar-refractivity contribution in [2.75, 3.05) is 11.9 Å². The highest BCUT2D eigenvalue weighted by Gasteiger charge is 2.37. The first kappa shape index (κ1) is 10.7. The second kappa shape index (κ2) is 3.32. The first-order valence-electron chi connectivity index (χ1n) is 4.41. The maximum Gasteiger partial charge on any atom is 0.451 e. The number of nitrogens with one attached hydrogen (secondary N) is 1. The van der Waals surface area contributed by atoms with E-state index in [1.807, 2.05) is 0 Å². The summed E-state index contributed by atoms with van der Waals surface area (Å²) in [5.74, 6) is -2.29. The number of halogens is 3. The van der Waals surface area contributed by atoms with E-state index in [2.05, 4.69) is 15.3 Å². The minimum absolute atomic E-state index is 0.0381. The quantitative estimate of drug-likeness (QED) is 0.741. The first-order chi connectivity index (χ1) is 7.39. The number of nitrogens with two attached hydrogens (primary N) is 1. The number of carbonyl (C=O) groups excluding carboxylic acids is 1. The van der Waals surface area contributed by atoms with E-state index in [1.54, 1.807) is 0 Å². The molecule has 0 aliphatic carbocycles. The average molecular weight is 232 g/mol. The van der Waals surface area contributed by atoms with Gasteiger partial charge in [-0.25, -0.2) is 9.97 Å². The van der Waals surface area contributed by atoms with Gasteiger partial charge in [-0.05, 0) is 6.42 Å². The topological polar surface area (TPSA) is 80.9 Å². The molecule has 0 unspecified atom stereocenters. The number of anilines is 1. The number of hydrogen-bond acceptors (Lipinski definition) is 4. The summed E-state index contributed by atoms with van der Waals surface area (Å²) in [5.41, 5.74) is 4.96. The number of alkyl halides is 3. The Bertz CT molecular complexity index is 457. The van der Waals surface area contributed by atoms with Gasteiger partial charge in [0.15, 0.2) is 0 Å². The highest BCUT2D eigenvalue weighted by Crippen LogP contribution is 2.30. The molecule has 3 N–H and O–H groups in total. The molecular weight excluding hydrogens is 225 g/mol. The van der Waals surface area contributed by atoms with Crippen molar-refractivity contribution < 1.29 is 18.0 Å². The Morgan fingerprint density at radius 1 is 1.38 bits per heavy atom. The van der Waals surface area contributed by atoms with Crippen LogP contribution in [-0.2, 0) is 12.6 Å². The molecule has 1 aliphatic heterocycles. The van der Waals surface area contributed by atoms with Crippen LogP contribution in [0, 0.1) is 0 Å². The van der Waals surface area contributed by atoms with Gasteiger partial charge in [0.1, 0.15) is 11.5 Å². The fourth-order valence-electron chi connectivity index (χ4n) is 1.50. The fourth-order valence-corrected chi connectivity index (χ4v) is 1.50. The molecule has 1 amide bonds. The molecular formula is C8H7F3N4O. The fraction of sp³-hybridized carbons (Fsp3) is 0.375. The van der Waals surface area contributed by atoms with Crippen molar-refractivity contribution in [2.24, 2.45) is 5.73 Å². The van der Waals surface area contributed by atoms with Gasteiger partial charge in [0.05, 0.1) is 0 Å². The second-order valence-corrected chi connectivity index (χ2v) is 3.26. The Kier molecular flexibility index (Phi) is 2.21. The van der Waals surface area contributed by atoms with Gasteiger partial charge in [0.2, 0.25) is 5.82 Å². The van der Waals surface area contributed by atoms with Gasteiger partial charge in [-0.15, -0.1) is 0 Å². The maximum absolute atomic E-state index is 12.4. The molecule has 1 aromatic heterocycles. The monoisotopic (exact) mass is 232 g/mol. The summed E-state index contributed by atoms with van der Waals surface area (Å²) in [6.07, 6.45) is -4.30. The zero-order chi connectivity index (χ0) is 11.9. The van der Waals surface area contributed by atoms with Crippen LogP contribution in [0.2, 0.25) is 0 Å². The van der Waals surface area contributed by atoms with Crippen molar-refractivity contribution in [3.8, 4) is 0 Å². The number of primary amides is 1. The van der Waals surface area contributed by atoms with Gasteiger partial charge in [-0.1, -0.05) is 0 Å². The summed E-state index contributed by atoms with van der Waals surface area (Å²) in [5, 5.41) is 2.65. The molecule has 0 bridgehead atoms. The Morgan fingerprint density at radius 2 is 2.06 bits per heavy atom. The van der Waals surface area contributed by atoms with Crippen molar-refractivity contribution in [1.82, 2.24) is 9.97 Å². The van der Waals surface area contributed by atoms with E-state index in [4.69, 9.17) is 5.73 Å². The van der Waals surface area contributed by atoms with Crippen LogP contribution >= 0.6 is 0 Å². The lowest BCUT2D eigenvalue weighted by Crippen LogP contribution is -2.20. The van der Waals surface area contributed by atoms with E-state index < -0.39 is 17.9 Å². The largest absolute Gasteiger partial charge is 0.451 e. The molecule has 8 heteroatoms. The number of nitrogens with zero attached hydrogens (tertiary/aromatic N) is 2. The predicted molar refractivity (Wildman–Crippen MR) is 47.7 cm³/mol. The van der Waals surface area contributed by atoms with E-state index in [9.17, 15) is 18.0 Å². The van der Waals surface area contributed by atoms with E-state index >= 15 is 0 Å². The van der Waals surface area contributed by atoms with Crippen LogP contribution in [0.1, 0.15) is 21.9 Å². The van der Waals surface area contributed by atoms with Gasteiger partial charge in [-0.3, -0.25) is 4.79 Å². The number of hydrogen-bond donors (Lipinski definition) is 2. The van der Waals surface area contributed by atoms with Crippen LogP contribution in [0.4, 0.5) is 19.0 Å². The molecule has 16 heavy (non-hydrogen) atoms. The molecule has 2 heterocycles. The molecule has 0 saturated heterocycles. The SMILES string of the molecule is NC(=O)c1nc(C(F)(F)F)nc2c1CCN2. The van der Waals surface area contributed by atoms with Crippen molar-refractivity contribution in [2.45, 2.75) is 12.6 Å². The van der Waals surface area contributed by atoms with Gasteiger partial charge < -0.3 is 11.1 Å². The number of carbonyl (C=O) groups is 1. The summed E-state index contributed by atoms with van der Waals surface area (Å²) >= 11 is 0. The van der Waals surface area contributed by atoms with E-state index in [-0.39, 0.29) is 11.5 Å². The number of amides is 1. The van der Waals surface area contributed by atoms with E-state index in [1.165, 1.54) is 0 Å². The molecule has 0 aromatic carbocycles. The minimum Gasteiger partial charge on any atom is -0.369 e. The van der Waals surface area contributed by atoms with Crippen LogP contribution < -0.4 is 11.1 Å². The summed E-state index contributed by atoms with van der Waals surface area (Å²) in [6.45, 7) is 0.422. The first-order valence-corrected chi connectivity index (χ1v) is 4.41. The molecule has 0 radical (unpaired) electrons. The van der Waals surface area contributed by atoms with Crippen LogP contribution in [-0.4, -0.2) is 22.4 Å². The van der Waals surface area contributed by atoms with Crippen LogP contribution in [0.3, 0.4) is 0 Å². The molecule has 0 spiro atoms. The third-order valence-corrected chi connectivity index (χ3v) is 2.16. The lowest BCUT2D eigenvalue weighted by Gasteiger charge is -2.09. The van der Waals surface area contributed by atoms with Crippen molar-refractivity contribution >= 4 is 11.7 Å². The van der Waals surface area contributed by atoms with Crippen LogP contribution in [0.5, 0.6) is 0 Å². The lowest BCUT2D eigenvalue weighted by molar-refractivity contribution is -0.144. The summed E-state index contributed by atoms with van der Waals surface area (Å²) in [6, 6.07) is 0. The molecule has 0 fully saturated rings. The van der Waals surface area contributed by atoms with Crippen molar-refractivity contribution in [3.05, 3.63) is 17.1 Å². The van der Waals surface area contributed by atoms with E-state index in [0.717, 1.165) is 0 Å². The third-order valence-electron chi connectivity index (χ3n) is 2.16. The minimum atomic E-state index is -4.69. The van der Waals surface area contributed by atoms with Gasteiger partial charge in [0.25, 0.3) is 5.91 Å². The summed E-state index contributed by atoms with van der Waals surface area (Å²) in [7, 11) is 0. The second-order valence-electron chi connectivity index (χ2n) is 3.26. The third kappa shape index (κ3) is 1.66. The van der Waals surface area contributed by atoms with Crippen LogP contribution in [0.25, 0.3) is 0 Å². The molecule has 86 valence electrons. The number of rotatable bonds is 1. The zero-order valence-corrected chi connectivity index (χ0v) is 7.93. The average Bonchev–Trinajstić information content (AvgIpc) is 2.61. The predicted octanol–water partition coefficient (Wildman–Crippen LogP) is 0.562. The van der Waals surface area contributed by atoms with Gasteiger partial charge in [0, 0.05) is 12.1 Å². The smallest absolute Gasteiger partial charge is 0.369 e. The van der Waals surface area contributed by atoms with Crippen LogP contribution in [0.15, 0.2) is 0 Å². The lowest BCUT2D eigenvalue weighted by atomic mass is 10.2. The normalized spacial score (nSPS) is 14.4. The van der Waals surface area contributed by atoms with E-state index in [0.29, 0.717) is 18.5 Å². The standard InChI is InChI=1S/C8H7F3N4O/c9-8(10,11)7-14-4(5(12)16)3-1-2-13-6(3)15-7/h1-2H2,(H2,12,16)(H,13,14,15). The molecule has 1 aliphatic rings. The summed E-state index contributed by atoms with van der Waals surface area (Å²) < 4.78 is 37.2. The zero-order valence-electron chi connectivity index (χ0n) is 7.93. The molecule has 0 atom stereocenters. The number of aromatic nitrogens is 2. The Hall–Kier alpha value is -1.86. The van der Waals surface area contributed by atoms with Gasteiger partial charge in [-0.2, -0.15) is 13.2 Å². The highest BCUT2D eigenvalue weighted by atomic mass is 19.4. The highest BCUT2D eigenvalue weighted by molar-refractivity contribution is 5.93. The molecule has 5 nitrogen and oxygen atoms in total. The molecule has 0 saturated carbocycles. The van der Waals surface area contributed by atoms with Crippen molar-refractivity contribution in [3.63, 3.8) is 0 Å². The Labute approximate surface area is 87.9 Å². The van der Waals surface area contributed by atoms with Gasteiger partial charge >= 0.3 is 6.18 Å².